The predicted octanol–water partition coefficient (Wildman–Crippen LogP) is -7.35. The van der Waals surface area contributed by atoms with Crippen LogP contribution in [0.25, 0.3) is 0 Å². The highest BCUT2D eigenvalue weighted by Gasteiger charge is 2.36. The van der Waals surface area contributed by atoms with Crippen molar-refractivity contribution in [1.29, 1.82) is 0 Å². The molecule has 0 heterocycles. The largest absolute Gasteiger partial charge is 0.394 e. The fourth-order valence-corrected chi connectivity index (χ4v) is 2.83. The van der Waals surface area contributed by atoms with Crippen molar-refractivity contribution < 1.29 is 70.9 Å². The molecule has 16 nitrogen and oxygen atoms in total. The molecule has 0 saturated carbocycles. The molecule has 2 amide bonds. The molecule has 0 radical (unpaired) electrons. The standard InChI is InChI=1S/C20H32N2O14/c23-5-9(25)11(27)13(29)15(31)19(35)21-17(33)7-1-2-8(4-3-7)18(34)22-20(36)16(32)14(30)12(28)10(26)6-24/h1-4,9-16,19-20,23-32,35-36H,5-6H2,(H,21,33)(H,22,34)/t9-,10-,11+,12+,13+,14+,15+,16+,19?,20?/m0/s1. The molecule has 14 N–H and O–H groups in total. The van der Waals surface area contributed by atoms with Crippen LogP contribution in [0.5, 0.6) is 0 Å². The summed E-state index contributed by atoms with van der Waals surface area (Å²) in [5, 5.41) is 118. The van der Waals surface area contributed by atoms with Crippen molar-refractivity contribution in [2.24, 2.45) is 0 Å². The summed E-state index contributed by atoms with van der Waals surface area (Å²) in [5.41, 5.74) is -0.305. The Morgan fingerprint density at radius 1 is 0.528 bits per heavy atom. The molecule has 0 fully saturated rings. The quantitative estimate of drug-likeness (QED) is 0.101. The van der Waals surface area contributed by atoms with Crippen LogP contribution >= 0.6 is 0 Å². The average Bonchev–Trinajstić information content (AvgIpc) is 2.89. The zero-order chi connectivity index (χ0) is 27.7. The normalized spacial score (nSPS) is 20.1. The van der Waals surface area contributed by atoms with Gasteiger partial charge in [-0.3, -0.25) is 9.59 Å². The number of nitrogens with one attached hydrogen (secondary N) is 2. The zero-order valence-corrected chi connectivity index (χ0v) is 18.7. The van der Waals surface area contributed by atoms with Crippen LogP contribution in [0.4, 0.5) is 0 Å². The van der Waals surface area contributed by atoms with Crippen molar-refractivity contribution in [2.75, 3.05) is 13.2 Å². The number of carbonyl (C=O) groups is 2. The second-order valence-corrected chi connectivity index (χ2v) is 7.86. The number of carbonyl (C=O) groups excluding carboxylic acids is 2. The van der Waals surface area contributed by atoms with Crippen molar-refractivity contribution >= 4 is 11.8 Å². The van der Waals surface area contributed by atoms with E-state index in [9.17, 15) is 60.7 Å². The lowest BCUT2D eigenvalue weighted by atomic mass is 10.0. The van der Waals surface area contributed by atoms with Gasteiger partial charge in [0.25, 0.3) is 11.8 Å². The first kappa shape index (κ1) is 31.7. The summed E-state index contributed by atoms with van der Waals surface area (Å²) in [6, 6.07) is 4.35. The highest BCUT2D eigenvalue weighted by Crippen LogP contribution is 2.11. The highest BCUT2D eigenvalue weighted by molar-refractivity contribution is 5.97. The van der Waals surface area contributed by atoms with Gasteiger partial charge in [0, 0.05) is 11.1 Å². The number of hydrogen-bond acceptors (Lipinski definition) is 14. The smallest absolute Gasteiger partial charge is 0.253 e. The molecule has 0 saturated heterocycles. The second kappa shape index (κ2) is 14.4. The molecule has 0 aliphatic carbocycles. The third-order valence-corrected chi connectivity index (χ3v) is 5.18. The van der Waals surface area contributed by atoms with Crippen LogP contribution in [0.3, 0.4) is 0 Å². The van der Waals surface area contributed by atoms with Crippen molar-refractivity contribution in [1.82, 2.24) is 10.6 Å². The van der Waals surface area contributed by atoms with Crippen LogP contribution < -0.4 is 10.6 Å². The van der Waals surface area contributed by atoms with Crippen molar-refractivity contribution in [3.63, 3.8) is 0 Å². The summed E-state index contributed by atoms with van der Waals surface area (Å²) in [6.45, 7) is -1.89. The van der Waals surface area contributed by atoms with Gasteiger partial charge in [0.05, 0.1) is 13.2 Å². The van der Waals surface area contributed by atoms with Gasteiger partial charge in [0.1, 0.15) is 48.8 Å². The minimum Gasteiger partial charge on any atom is -0.394 e. The first-order valence-corrected chi connectivity index (χ1v) is 10.5. The van der Waals surface area contributed by atoms with Crippen LogP contribution in [-0.2, 0) is 0 Å². The lowest BCUT2D eigenvalue weighted by molar-refractivity contribution is -0.143. The Labute approximate surface area is 203 Å². The molecule has 0 bridgehead atoms. The molecule has 10 atom stereocenters. The molecule has 2 unspecified atom stereocenters. The number of aliphatic hydroxyl groups excluding tert-OH is 12. The molecule has 16 heteroatoms. The molecule has 206 valence electrons. The molecule has 0 aliphatic rings. The summed E-state index contributed by atoms with van der Waals surface area (Å²) >= 11 is 0. The van der Waals surface area contributed by atoms with Crippen LogP contribution in [0.2, 0.25) is 0 Å². The van der Waals surface area contributed by atoms with Gasteiger partial charge < -0.3 is 71.9 Å². The maximum Gasteiger partial charge on any atom is 0.253 e. The number of benzene rings is 1. The number of hydrogen-bond donors (Lipinski definition) is 14. The molecular weight excluding hydrogens is 492 g/mol. The van der Waals surface area contributed by atoms with Gasteiger partial charge in [-0.2, -0.15) is 0 Å². The SMILES string of the molecule is O=C(NC(O)[C@H](O)[C@H](O)[C@H](O)[C@@H](O)CO)c1ccc(C(=O)NC(O)[C@H](O)[C@H](O)[C@H](O)[C@@H](O)CO)cc1. The van der Waals surface area contributed by atoms with Crippen LogP contribution in [0.15, 0.2) is 24.3 Å². The van der Waals surface area contributed by atoms with E-state index in [-0.39, 0.29) is 11.1 Å². The Balaban J connectivity index is 2.74. The topological polar surface area (TPSA) is 301 Å². The Bertz CT molecular complexity index is 760. The van der Waals surface area contributed by atoms with E-state index in [1.54, 1.807) is 0 Å². The maximum atomic E-state index is 12.2. The van der Waals surface area contributed by atoms with E-state index >= 15 is 0 Å². The summed E-state index contributed by atoms with van der Waals surface area (Å²) in [6.07, 6.45) is -20.5. The first-order chi connectivity index (χ1) is 16.8. The van der Waals surface area contributed by atoms with Crippen molar-refractivity contribution in [3.05, 3.63) is 35.4 Å². The minimum absolute atomic E-state index is 0.152. The third kappa shape index (κ3) is 8.37. The zero-order valence-electron chi connectivity index (χ0n) is 18.7. The molecule has 1 aromatic rings. The molecular formula is C20H32N2O14. The Morgan fingerprint density at radius 2 is 0.806 bits per heavy atom. The van der Waals surface area contributed by atoms with Gasteiger partial charge in [0.2, 0.25) is 0 Å². The molecule has 1 rings (SSSR count). The summed E-state index contributed by atoms with van der Waals surface area (Å²) in [5.74, 6) is -1.99. The molecule has 36 heavy (non-hydrogen) atoms. The Hall–Kier alpha value is -2.32. The highest BCUT2D eigenvalue weighted by atomic mass is 16.4. The maximum absolute atomic E-state index is 12.2. The Morgan fingerprint density at radius 3 is 1.06 bits per heavy atom. The second-order valence-electron chi connectivity index (χ2n) is 7.86. The lowest BCUT2D eigenvalue weighted by Crippen LogP contribution is -2.54. The van der Waals surface area contributed by atoms with Crippen molar-refractivity contribution in [3.8, 4) is 0 Å². The fraction of sp³-hybridized carbons (Fsp3) is 0.600. The van der Waals surface area contributed by atoms with E-state index in [0.29, 0.717) is 0 Å². The van der Waals surface area contributed by atoms with Crippen molar-refractivity contribution in [2.45, 2.75) is 61.3 Å². The van der Waals surface area contributed by atoms with E-state index in [1.807, 2.05) is 10.6 Å². The third-order valence-electron chi connectivity index (χ3n) is 5.18. The van der Waals surface area contributed by atoms with E-state index < -0.39 is 86.3 Å². The van der Waals surface area contributed by atoms with E-state index in [4.69, 9.17) is 10.2 Å². The number of rotatable bonds is 14. The van der Waals surface area contributed by atoms with Gasteiger partial charge in [-0.1, -0.05) is 0 Å². The summed E-state index contributed by atoms with van der Waals surface area (Å²) in [4.78, 5) is 24.5. The van der Waals surface area contributed by atoms with Gasteiger partial charge in [-0.05, 0) is 24.3 Å². The minimum atomic E-state index is -2.16. The van der Waals surface area contributed by atoms with Crippen LogP contribution in [-0.4, -0.2) is 148 Å². The van der Waals surface area contributed by atoms with E-state index in [0.717, 1.165) is 24.3 Å². The average molecular weight is 524 g/mol. The van der Waals surface area contributed by atoms with Gasteiger partial charge in [0.15, 0.2) is 12.5 Å². The van der Waals surface area contributed by atoms with Crippen LogP contribution in [0.1, 0.15) is 20.7 Å². The first-order valence-electron chi connectivity index (χ1n) is 10.5. The van der Waals surface area contributed by atoms with Gasteiger partial charge in [-0.25, -0.2) is 0 Å². The van der Waals surface area contributed by atoms with E-state index in [2.05, 4.69) is 0 Å². The molecule has 0 aliphatic heterocycles. The number of amides is 2. The van der Waals surface area contributed by atoms with E-state index in [1.165, 1.54) is 0 Å². The van der Waals surface area contributed by atoms with Gasteiger partial charge >= 0.3 is 0 Å². The summed E-state index contributed by atoms with van der Waals surface area (Å²) < 4.78 is 0. The predicted molar refractivity (Wildman–Crippen MR) is 116 cm³/mol. The number of aliphatic hydroxyl groups is 12. The van der Waals surface area contributed by atoms with Gasteiger partial charge in [-0.15, -0.1) is 0 Å². The summed E-state index contributed by atoms with van der Waals surface area (Å²) in [7, 11) is 0. The van der Waals surface area contributed by atoms with Crippen LogP contribution in [0, 0.1) is 0 Å². The fourth-order valence-electron chi connectivity index (χ4n) is 2.83. The molecule has 0 spiro atoms. The molecule has 0 aromatic heterocycles. The monoisotopic (exact) mass is 524 g/mol. The molecule has 1 aromatic carbocycles. The Kier molecular flexibility index (Phi) is 12.7. The lowest BCUT2D eigenvalue weighted by Gasteiger charge is -2.28.